The van der Waals surface area contributed by atoms with Crippen molar-refractivity contribution < 1.29 is 0 Å². The first kappa shape index (κ1) is 15.3. The number of hydrogen-bond acceptors (Lipinski definition) is 0. The fourth-order valence-corrected chi connectivity index (χ4v) is 4.44. The molecule has 0 unspecified atom stereocenters. The Labute approximate surface area is 145 Å². The van der Waals surface area contributed by atoms with Gasteiger partial charge in [0.15, 0.2) is 0 Å². The highest BCUT2D eigenvalue weighted by atomic mass is 14.2. The Hall–Kier alpha value is -2.28. The van der Waals surface area contributed by atoms with E-state index in [0.717, 1.165) is 0 Å². The van der Waals surface area contributed by atoms with Crippen LogP contribution in [-0.2, 0) is 0 Å². The number of fused-ring (bicyclic) bond motifs is 3. The number of aryl methyl sites for hydroxylation is 5. The predicted octanol–water partition coefficient (Wildman–Crippen LogP) is 3.73. The first-order valence-corrected chi connectivity index (χ1v) is 8.75. The van der Waals surface area contributed by atoms with Crippen LogP contribution < -0.4 is 16.4 Å². The van der Waals surface area contributed by atoms with Crippen LogP contribution >= 0.6 is 0 Å². The first-order chi connectivity index (χ1) is 11.5. The lowest BCUT2D eigenvalue weighted by molar-refractivity contribution is 1.35. The van der Waals surface area contributed by atoms with E-state index < -0.39 is 0 Å². The molecular formula is C23H23B. The summed E-state index contributed by atoms with van der Waals surface area (Å²) < 4.78 is 0. The minimum Gasteiger partial charge on any atom is -0.0661 e. The highest BCUT2D eigenvalue weighted by Gasteiger charge is 2.35. The summed E-state index contributed by atoms with van der Waals surface area (Å²) in [6.45, 7) is 11.4. The van der Waals surface area contributed by atoms with E-state index >= 15 is 0 Å². The number of rotatable bonds is 1. The fraction of sp³-hybridized carbons (Fsp3) is 0.217. The molecule has 3 aromatic rings. The molecule has 24 heavy (non-hydrogen) atoms. The SMILES string of the molecule is Cc1cc(C)c(B2c3ccc(C)cc3-c3cc(C)ccc32)c(C)c1. The second-order valence-electron chi connectivity index (χ2n) is 7.43. The Kier molecular flexibility index (Phi) is 3.42. The van der Waals surface area contributed by atoms with E-state index in [1.54, 1.807) is 0 Å². The Morgan fingerprint density at radius 3 is 1.46 bits per heavy atom. The summed E-state index contributed by atoms with van der Waals surface area (Å²) in [4.78, 5) is 0. The Morgan fingerprint density at radius 2 is 1.00 bits per heavy atom. The molecule has 0 bridgehead atoms. The van der Waals surface area contributed by atoms with Crippen molar-refractivity contribution in [3.05, 3.63) is 76.3 Å². The van der Waals surface area contributed by atoms with Gasteiger partial charge >= 0.3 is 0 Å². The summed E-state index contributed by atoms with van der Waals surface area (Å²) in [5, 5.41) is 0. The quantitative estimate of drug-likeness (QED) is 0.470. The molecule has 118 valence electrons. The van der Waals surface area contributed by atoms with Gasteiger partial charge in [-0.25, -0.2) is 0 Å². The highest BCUT2D eigenvalue weighted by molar-refractivity contribution is 6.99. The zero-order chi connectivity index (χ0) is 17.0. The third kappa shape index (κ3) is 2.23. The lowest BCUT2D eigenvalue weighted by Crippen LogP contribution is -2.51. The van der Waals surface area contributed by atoms with E-state index in [1.165, 1.54) is 55.3 Å². The highest BCUT2D eigenvalue weighted by Crippen LogP contribution is 2.26. The molecule has 4 rings (SSSR count). The van der Waals surface area contributed by atoms with E-state index in [9.17, 15) is 0 Å². The van der Waals surface area contributed by atoms with E-state index in [2.05, 4.69) is 83.1 Å². The maximum absolute atomic E-state index is 2.35. The molecule has 0 N–H and O–H groups in total. The van der Waals surface area contributed by atoms with Crippen molar-refractivity contribution in [2.24, 2.45) is 0 Å². The van der Waals surface area contributed by atoms with Crippen molar-refractivity contribution in [1.29, 1.82) is 0 Å². The van der Waals surface area contributed by atoms with Crippen molar-refractivity contribution >= 4 is 23.1 Å². The average molecular weight is 310 g/mol. The second kappa shape index (κ2) is 5.38. The molecule has 0 aromatic heterocycles. The summed E-state index contributed by atoms with van der Waals surface area (Å²) in [5.74, 6) is 0. The molecule has 0 atom stereocenters. The van der Waals surface area contributed by atoms with Crippen molar-refractivity contribution in [1.82, 2.24) is 0 Å². The number of hydrogen-bond donors (Lipinski definition) is 0. The summed E-state index contributed by atoms with van der Waals surface area (Å²) in [6, 6.07) is 18.5. The maximum atomic E-state index is 2.35. The molecule has 1 aliphatic rings. The van der Waals surface area contributed by atoms with Crippen LogP contribution in [0.5, 0.6) is 0 Å². The van der Waals surface area contributed by atoms with E-state index in [4.69, 9.17) is 0 Å². The Balaban J connectivity index is 2.05. The lowest BCUT2D eigenvalue weighted by atomic mass is 9.37. The molecule has 1 aliphatic heterocycles. The van der Waals surface area contributed by atoms with Gasteiger partial charge < -0.3 is 0 Å². The van der Waals surface area contributed by atoms with Gasteiger partial charge in [-0.05, 0) is 45.7 Å². The molecule has 0 saturated carbocycles. The van der Waals surface area contributed by atoms with Crippen LogP contribution in [-0.4, -0.2) is 6.71 Å². The van der Waals surface area contributed by atoms with Crippen molar-refractivity contribution in [3.63, 3.8) is 0 Å². The summed E-state index contributed by atoms with van der Waals surface area (Å²) in [5.41, 5.74) is 14.0. The summed E-state index contributed by atoms with van der Waals surface area (Å²) in [7, 11) is 0. The fourth-order valence-electron chi connectivity index (χ4n) is 4.44. The number of benzene rings is 3. The molecular weight excluding hydrogens is 287 g/mol. The van der Waals surface area contributed by atoms with Gasteiger partial charge in [-0.1, -0.05) is 92.7 Å². The van der Waals surface area contributed by atoms with Crippen LogP contribution in [0.2, 0.25) is 0 Å². The van der Waals surface area contributed by atoms with Crippen molar-refractivity contribution in [2.45, 2.75) is 34.6 Å². The van der Waals surface area contributed by atoms with E-state index in [-0.39, 0.29) is 0 Å². The van der Waals surface area contributed by atoms with Crippen LogP contribution in [0.1, 0.15) is 27.8 Å². The second-order valence-corrected chi connectivity index (χ2v) is 7.43. The molecule has 0 spiro atoms. The standard InChI is InChI=1S/C23H23B/c1-14-6-8-21-19(12-14)20-13-15(2)7-9-22(20)24(21)23-17(4)10-16(3)11-18(23)5/h6-13H,1-5H3. The molecule has 0 aliphatic carbocycles. The van der Waals surface area contributed by atoms with Gasteiger partial charge in [0.05, 0.1) is 0 Å². The van der Waals surface area contributed by atoms with Crippen LogP contribution in [0.25, 0.3) is 11.1 Å². The average Bonchev–Trinajstić information content (AvgIpc) is 2.80. The van der Waals surface area contributed by atoms with Gasteiger partial charge in [0.2, 0.25) is 6.71 Å². The molecule has 0 nitrogen and oxygen atoms in total. The van der Waals surface area contributed by atoms with Gasteiger partial charge in [-0.15, -0.1) is 0 Å². The van der Waals surface area contributed by atoms with Gasteiger partial charge in [0.25, 0.3) is 0 Å². The van der Waals surface area contributed by atoms with Gasteiger partial charge in [0.1, 0.15) is 0 Å². The molecule has 3 aromatic carbocycles. The minimum atomic E-state index is 0.358. The predicted molar refractivity (Wildman–Crippen MR) is 107 cm³/mol. The molecule has 1 heteroatoms. The van der Waals surface area contributed by atoms with Crippen LogP contribution in [0, 0.1) is 34.6 Å². The normalized spacial score (nSPS) is 12.3. The smallest absolute Gasteiger partial charge is 0.0661 e. The van der Waals surface area contributed by atoms with E-state index in [1.807, 2.05) is 0 Å². The van der Waals surface area contributed by atoms with Gasteiger partial charge in [-0.2, -0.15) is 0 Å². The summed E-state index contributed by atoms with van der Waals surface area (Å²) >= 11 is 0. The molecule has 0 saturated heterocycles. The van der Waals surface area contributed by atoms with E-state index in [0.29, 0.717) is 6.71 Å². The molecule has 1 heterocycles. The Bertz CT molecular complexity index is 891. The van der Waals surface area contributed by atoms with Crippen LogP contribution in [0.15, 0.2) is 48.5 Å². The summed E-state index contributed by atoms with van der Waals surface area (Å²) in [6.07, 6.45) is 0. The molecule has 0 fully saturated rings. The monoisotopic (exact) mass is 310 g/mol. The third-order valence-electron chi connectivity index (χ3n) is 5.36. The van der Waals surface area contributed by atoms with Gasteiger partial charge in [0, 0.05) is 0 Å². The van der Waals surface area contributed by atoms with Crippen molar-refractivity contribution in [2.75, 3.05) is 0 Å². The zero-order valence-corrected chi connectivity index (χ0v) is 15.2. The topological polar surface area (TPSA) is 0 Å². The largest absolute Gasteiger partial charge is 0.243 e. The van der Waals surface area contributed by atoms with Crippen LogP contribution in [0.3, 0.4) is 0 Å². The Morgan fingerprint density at radius 1 is 0.542 bits per heavy atom. The van der Waals surface area contributed by atoms with Crippen molar-refractivity contribution in [3.8, 4) is 11.1 Å². The van der Waals surface area contributed by atoms with Gasteiger partial charge in [-0.3, -0.25) is 0 Å². The lowest BCUT2D eigenvalue weighted by Gasteiger charge is -2.18. The molecule has 0 radical (unpaired) electrons. The minimum absolute atomic E-state index is 0.358. The first-order valence-electron chi connectivity index (χ1n) is 8.75. The maximum Gasteiger partial charge on any atom is 0.243 e. The molecule has 0 amide bonds. The van der Waals surface area contributed by atoms with Crippen LogP contribution in [0.4, 0.5) is 0 Å². The third-order valence-corrected chi connectivity index (χ3v) is 5.36. The zero-order valence-electron chi connectivity index (χ0n) is 15.2.